The number of aromatic nitrogens is 1. The van der Waals surface area contributed by atoms with Crippen LogP contribution in [0.5, 0.6) is 0 Å². The fourth-order valence-corrected chi connectivity index (χ4v) is 2.54. The van der Waals surface area contributed by atoms with Crippen LogP contribution in [0.2, 0.25) is 0 Å². The first-order valence-electron chi connectivity index (χ1n) is 8.66. The molecule has 2 aromatic rings. The van der Waals surface area contributed by atoms with Crippen molar-refractivity contribution in [2.45, 2.75) is 39.3 Å². The van der Waals surface area contributed by atoms with Crippen molar-refractivity contribution in [1.82, 2.24) is 9.88 Å². The number of rotatable bonds is 6. The molecule has 0 saturated heterocycles. The molecule has 6 nitrogen and oxygen atoms in total. The van der Waals surface area contributed by atoms with E-state index >= 15 is 0 Å². The molecular weight excluding hydrogens is 332 g/mol. The van der Waals surface area contributed by atoms with E-state index in [0.29, 0.717) is 12.3 Å². The van der Waals surface area contributed by atoms with E-state index in [0.717, 1.165) is 5.56 Å². The van der Waals surface area contributed by atoms with Crippen LogP contribution >= 0.6 is 0 Å². The van der Waals surface area contributed by atoms with Gasteiger partial charge in [-0.05, 0) is 45.4 Å². The molecule has 1 aromatic heterocycles. The van der Waals surface area contributed by atoms with Crippen LogP contribution in [0.15, 0.2) is 48.7 Å². The fraction of sp³-hybridized carbons (Fsp3) is 0.400. The third-order valence-electron chi connectivity index (χ3n) is 3.56. The maximum atomic E-state index is 12.5. The van der Waals surface area contributed by atoms with Crippen molar-refractivity contribution in [2.24, 2.45) is 0 Å². The lowest BCUT2D eigenvalue weighted by molar-refractivity contribution is -0.142. The molecule has 0 spiro atoms. The summed E-state index contributed by atoms with van der Waals surface area (Å²) in [5.41, 5.74) is 1.02. The van der Waals surface area contributed by atoms with E-state index < -0.39 is 11.7 Å². The maximum absolute atomic E-state index is 12.5. The highest BCUT2D eigenvalue weighted by Crippen LogP contribution is 2.23. The normalized spacial score (nSPS) is 12.5. The number of carbonyl (C=O) groups excluding carboxylic acids is 2. The number of nitrogens with zero attached hydrogens (tertiary/aromatic N) is 1. The van der Waals surface area contributed by atoms with Crippen LogP contribution in [-0.4, -0.2) is 35.4 Å². The first kappa shape index (κ1) is 19.7. The third-order valence-corrected chi connectivity index (χ3v) is 3.56. The summed E-state index contributed by atoms with van der Waals surface area (Å²) in [5, 5.41) is 3.18. The highest BCUT2D eigenvalue weighted by Gasteiger charge is 2.24. The van der Waals surface area contributed by atoms with Crippen LogP contribution in [0.1, 0.15) is 45.0 Å². The topological polar surface area (TPSA) is 69.6 Å². The lowest BCUT2D eigenvalue weighted by Gasteiger charge is -2.23. The Labute approximate surface area is 154 Å². The Kier molecular flexibility index (Phi) is 6.58. The van der Waals surface area contributed by atoms with Gasteiger partial charge in [0.15, 0.2) is 0 Å². The molecule has 0 aliphatic rings. The predicted molar refractivity (Wildman–Crippen MR) is 99.0 cm³/mol. The van der Waals surface area contributed by atoms with Gasteiger partial charge in [0.05, 0.1) is 24.9 Å². The summed E-state index contributed by atoms with van der Waals surface area (Å²) < 4.78 is 11.9. The van der Waals surface area contributed by atoms with Crippen LogP contribution in [0.25, 0.3) is 0 Å². The van der Waals surface area contributed by atoms with Crippen LogP contribution in [0.4, 0.5) is 4.79 Å². The van der Waals surface area contributed by atoms with Gasteiger partial charge in [0, 0.05) is 6.20 Å². The quantitative estimate of drug-likeness (QED) is 0.800. The second kappa shape index (κ2) is 8.67. The average molecular weight is 358 g/mol. The standard InChI is InChI=1S/C20H26N2O4/c1-5-25-17(23)14-21-18(15-10-7-6-8-11-15)16-12-9-13-22(16)19(24)26-20(2,3)4/h6-13,18,21H,5,14H2,1-4H3. The molecule has 1 N–H and O–H groups in total. The molecule has 2 rings (SSSR count). The van der Waals surface area contributed by atoms with E-state index in [1.807, 2.05) is 57.2 Å². The van der Waals surface area contributed by atoms with Gasteiger partial charge in [0.2, 0.25) is 0 Å². The molecule has 1 heterocycles. The first-order valence-corrected chi connectivity index (χ1v) is 8.66. The van der Waals surface area contributed by atoms with Gasteiger partial charge in [0.1, 0.15) is 5.60 Å². The molecule has 0 amide bonds. The summed E-state index contributed by atoms with van der Waals surface area (Å²) in [7, 11) is 0. The molecule has 0 radical (unpaired) electrons. The minimum absolute atomic E-state index is 0.0346. The van der Waals surface area contributed by atoms with Crippen molar-refractivity contribution < 1.29 is 19.1 Å². The van der Waals surface area contributed by atoms with Gasteiger partial charge in [-0.25, -0.2) is 4.79 Å². The molecule has 1 atom stereocenters. The zero-order valence-corrected chi connectivity index (χ0v) is 15.7. The summed E-state index contributed by atoms with van der Waals surface area (Å²) >= 11 is 0. The number of carbonyl (C=O) groups is 2. The summed E-state index contributed by atoms with van der Waals surface area (Å²) in [6, 6.07) is 12.9. The van der Waals surface area contributed by atoms with Crippen LogP contribution < -0.4 is 5.32 Å². The van der Waals surface area contributed by atoms with E-state index in [1.54, 1.807) is 19.2 Å². The summed E-state index contributed by atoms with van der Waals surface area (Å²) in [6.07, 6.45) is 1.20. The Balaban J connectivity index is 2.30. The molecule has 0 fully saturated rings. The highest BCUT2D eigenvalue weighted by atomic mass is 16.6. The first-order chi connectivity index (χ1) is 12.3. The molecule has 0 bridgehead atoms. The molecule has 140 valence electrons. The second-order valence-electron chi connectivity index (χ2n) is 6.81. The van der Waals surface area contributed by atoms with Gasteiger partial charge < -0.3 is 9.47 Å². The van der Waals surface area contributed by atoms with E-state index in [1.165, 1.54) is 4.57 Å². The zero-order chi connectivity index (χ0) is 19.2. The molecule has 0 aliphatic heterocycles. The number of hydrogen-bond acceptors (Lipinski definition) is 5. The van der Waals surface area contributed by atoms with E-state index in [-0.39, 0.29) is 18.6 Å². The zero-order valence-electron chi connectivity index (χ0n) is 15.7. The number of hydrogen-bond donors (Lipinski definition) is 1. The van der Waals surface area contributed by atoms with E-state index in [9.17, 15) is 9.59 Å². The van der Waals surface area contributed by atoms with Crippen LogP contribution in [0.3, 0.4) is 0 Å². The SMILES string of the molecule is CCOC(=O)CNC(c1ccccc1)c1cccn1C(=O)OC(C)(C)C. The van der Waals surface area contributed by atoms with Crippen molar-refractivity contribution in [3.8, 4) is 0 Å². The molecule has 26 heavy (non-hydrogen) atoms. The third kappa shape index (κ3) is 5.46. The van der Waals surface area contributed by atoms with Gasteiger partial charge in [-0.1, -0.05) is 30.3 Å². The van der Waals surface area contributed by atoms with Crippen molar-refractivity contribution in [3.63, 3.8) is 0 Å². The Hall–Kier alpha value is -2.60. The Morgan fingerprint density at radius 1 is 1.12 bits per heavy atom. The van der Waals surface area contributed by atoms with E-state index in [2.05, 4.69) is 5.32 Å². The highest BCUT2D eigenvalue weighted by molar-refractivity contribution is 5.73. The smallest absolute Gasteiger partial charge is 0.418 e. The summed E-state index contributed by atoms with van der Waals surface area (Å²) in [5.74, 6) is -0.344. The van der Waals surface area contributed by atoms with Crippen molar-refractivity contribution in [2.75, 3.05) is 13.2 Å². The Bertz CT molecular complexity index is 732. The average Bonchev–Trinajstić information content (AvgIpc) is 3.04. The monoisotopic (exact) mass is 358 g/mol. The molecule has 1 aromatic carbocycles. The molecule has 0 saturated carbocycles. The largest absolute Gasteiger partial charge is 0.465 e. The van der Waals surface area contributed by atoms with Crippen molar-refractivity contribution in [1.29, 1.82) is 0 Å². The van der Waals surface area contributed by atoms with E-state index in [4.69, 9.17) is 9.47 Å². The predicted octanol–water partition coefficient (Wildman–Crippen LogP) is 3.51. The molecule has 6 heteroatoms. The van der Waals surface area contributed by atoms with Gasteiger partial charge in [-0.2, -0.15) is 0 Å². The number of esters is 1. The maximum Gasteiger partial charge on any atom is 0.418 e. The van der Waals surface area contributed by atoms with Crippen molar-refractivity contribution >= 4 is 12.1 Å². The summed E-state index contributed by atoms with van der Waals surface area (Å²) in [4.78, 5) is 24.3. The Morgan fingerprint density at radius 2 is 1.81 bits per heavy atom. The number of benzene rings is 1. The molecule has 0 aliphatic carbocycles. The summed E-state index contributed by atoms with van der Waals surface area (Å²) in [6.45, 7) is 7.59. The van der Waals surface area contributed by atoms with Crippen molar-refractivity contribution in [3.05, 3.63) is 59.9 Å². The molecule has 1 unspecified atom stereocenters. The van der Waals surface area contributed by atoms with Gasteiger partial charge >= 0.3 is 12.1 Å². The van der Waals surface area contributed by atoms with Gasteiger partial charge in [-0.3, -0.25) is 14.7 Å². The van der Waals surface area contributed by atoms with Crippen LogP contribution in [0, 0.1) is 0 Å². The minimum atomic E-state index is -0.598. The lowest BCUT2D eigenvalue weighted by Crippen LogP contribution is -2.33. The fourth-order valence-electron chi connectivity index (χ4n) is 2.54. The Morgan fingerprint density at radius 3 is 2.42 bits per heavy atom. The molecular formula is C20H26N2O4. The van der Waals surface area contributed by atoms with Gasteiger partial charge in [0.25, 0.3) is 0 Å². The van der Waals surface area contributed by atoms with Gasteiger partial charge in [-0.15, -0.1) is 0 Å². The minimum Gasteiger partial charge on any atom is -0.465 e. The second-order valence-corrected chi connectivity index (χ2v) is 6.81. The van der Waals surface area contributed by atoms with Crippen LogP contribution in [-0.2, 0) is 14.3 Å². The lowest BCUT2D eigenvalue weighted by atomic mass is 10.0. The number of ether oxygens (including phenoxy) is 2. The number of nitrogens with one attached hydrogen (secondary N) is 1.